The molecule has 0 aromatic heterocycles. The Labute approximate surface area is 149 Å². The molecule has 2 aliphatic carbocycles. The van der Waals surface area contributed by atoms with E-state index in [4.69, 9.17) is 14.2 Å². The van der Waals surface area contributed by atoms with E-state index in [0.29, 0.717) is 5.92 Å². The van der Waals surface area contributed by atoms with Crippen molar-refractivity contribution in [3.05, 3.63) is 0 Å². The molecule has 25 heavy (non-hydrogen) atoms. The molecule has 0 radical (unpaired) electrons. The van der Waals surface area contributed by atoms with Gasteiger partial charge in [0.05, 0.1) is 5.92 Å². The number of carbonyl (C=O) groups excluding carboxylic acids is 1. The van der Waals surface area contributed by atoms with Gasteiger partial charge in [0.1, 0.15) is 18.8 Å². The van der Waals surface area contributed by atoms with E-state index >= 15 is 0 Å². The second-order valence-corrected chi connectivity index (χ2v) is 8.75. The fourth-order valence-electron chi connectivity index (χ4n) is 5.04. The lowest BCUT2D eigenvalue weighted by Crippen LogP contribution is -2.41. The van der Waals surface area contributed by atoms with Crippen molar-refractivity contribution >= 4 is 5.97 Å². The molecule has 2 bridgehead atoms. The number of hydrogen-bond donors (Lipinski definition) is 2. The lowest BCUT2D eigenvalue weighted by Gasteiger charge is -2.35. The van der Waals surface area contributed by atoms with Gasteiger partial charge in [-0.25, -0.2) is 0 Å². The monoisotopic (exact) mass is 356 g/mol. The van der Waals surface area contributed by atoms with Crippen LogP contribution in [0, 0.1) is 29.1 Å². The minimum atomic E-state index is -1.13. The quantitative estimate of drug-likeness (QED) is 0.486. The number of carbonyl (C=O) groups is 1. The van der Waals surface area contributed by atoms with Crippen molar-refractivity contribution in [1.29, 1.82) is 0 Å². The molecule has 1 aliphatic heterocycles. The zero-order valence-corrected chi connectivity index (χ0v) is 15.7. The first-order valence-corrected chi connectivity index (χ1v) is 9.59. The summed E-state index contributed by atoms with van der Waals surface area (Å²) >= 11 is 0. The zero-order valence-electron chi connectivity index (χ0n) is 15.7. The molecule has 0 amide bonds. The van der Waals surface area contributed by atoms with E-state index in [1.807, 2.05) is 13.8 Å². The second kappa shape index (κ2) is 7.14. The van der Waals surface area contributed by atoms with Crippen LogP contribution in [0.3, 0.4) is 0 Å². The highest BCUT2D eigenvalue weighted by Gasteiger charge is 2.62. The molecule has 8 unspecified atom stereocenters. The Morgan fingerprint density at radius 2 is 2.04 bits per heavy atom. The van der Waals surface area contributed by atoms with E-state index in [9.17, 15) is 15.0 Å². The molecular weight excluding hydrogens is 324 g/mol. The van der Waals surface area contributed by atoms with Gasteiger partial charge in [0.15, 0.2) is 12.6 Å². The van der Waals surface area contributed by atoms with Gasteiger partial charge in [0, 0.05) is 11.3 Å². The summed E-state index contributed by atoms with van der Waals surface area (Å²) in [7, 11) is 0. The van der Waals surface area contributed by atoms with Gasteiger partial charge in [0.2, 0.25) is 0 Å². The van der Waals surface area contributed by atoms with Crippen LogP contribution < -0.4 is 0 Å². The number of ether oxygens (including phenoxy) is 3. The maximum atomic E-state index is 11.8. The molecule has 1 saturated heterocycles. The Bertz CT molecular complexity index is 494. The van der Waals surface area contributed by atoms with Crippen molar-refractivity contribution in [2.45, 2.75) is 78.2 Å². The van der Waals surface area contributed by atoms with Gasteiger partial charge in [-0.1, -0.05) is 27.7 Å². The Morgan fingerprint density at radius 1 is 1.32 bits per heavy atom. The van der Waals surface area contributed by atoms with Crippen LogP contribution in [0.5, 0.6) is 0 Å². The summed E-state index contributed by atoms with van der Waals surface area (Å²) in [5.41, 5.74) is -0.353. The standard InChI is InChI=1S/C19H32O6/c1-5-19(4,8-10(2)3)18(22)23-9-14(20)24-15-11-6-12-13(7-11)17(21)25-16(12)15/h10-16,18,20,22H,5-9H2,1-4H3. The van der Waals surface area contributed by atoms with Crippen molar-refractivity contribution in [3.8, 4) is 0 Å². The smallest absolute Gasteiger partial charge is 0.309 e. The summed E-state index contributed by atoms with van der Waals surface area (Å²) < 4.78 is 16.7. The van der Waals surface area contributed by atoms with Crippen LogP contribution in [0.1, 0.15) is 53.4 Å². The minimum Gasteiger partial charge on any atom is -0.459 e. The first-order valence-electron chi connectivity index (χ1n) is 9.59. The molecule has 8 atom stereocenters. The summed E-state index contributed by atoms with van der Waals surface area (Å²) in [5.74, 6) is 0.885. The molecule has 3 fully saturated rings. The van der Waals surface area contributed by atoms with Gasteiger partial charge in [-0.05, 0) is 37.5 Å². The molecule has 0 spiro atoms. The van der Waals surface area contributed by atoms with Crippen molar-refractivity contribution < 1.29 is 29.2 Å². The van der Waals surface area contributed by atoms with Crippen LogP contribution in [0.2, 0.25) is 0 Å². The summed E-state index contributed by atoms with van der Waals surface area (Å²) in [6.45, 7) is 8.17. The van der Waals surface area contributed by atoms with Gasteiger partial charge >= 0.3 is 5.97 Å². The highest BCUT2D eigenvalue weighted by Crippen LogP contribution is 2.55. The molecule has 6 heteroatoms. The molecule has 3 rings (SSSR count). The molecular formula is C19H32O6. The minimum absolute atomic E-state index is 0.0337. The van der Waals surface area contributed by atoms with Gasteiger partial charge < -0.3 is 24.4 Å². The van der Waals surface area contributed by atoms with E-state index < -0.39 is 12.6 Å². The fraction of sp³-hybridized carbons (Fsp3) is 0.947. The maximum absolute atomic E-state index is 11.8. The Hall–Kier alpha value is -0.690. The number of esters is 1. The van der Waals surface area contributed by atoms with Crippen LogP contribution in [-0.4, -0.2) is 47.6 Å². The lowest BCUT2D eigenvalue weighted by molar-refractivity contribution is -0.242. The van der Waals surface area contributed by atoms with E-state index in [0.717, 1.165) is 25.7 Å². The number of aliphatic hydroxyl groups excluding tert-OH is 2. The van der Waals surface area contributed by atoms with Crippen molar-refractivity contribution in [2.24, 2.45) is 29.1 Å². The predicted molar refractivity (Wildman–Crippen MR) is 90.3 cm³/mol. The third-order valence-corrected chi connectivity index (χ3v) is 6.40. The van der Waals surface area contributed by atoms with Gasteiger partial charge in [0.25, 0.3) is 0 Å². The highest BCUT2D eigenvalue weighted by atomic mass is 16.7. The summed E-state index contributed by atoms with van der Waals surface area (Å²) in [5, 5.41) is 20.6. The third-order valence-electron chi connectivity index (χ3n) is 6.40. The average Bonchev–Trinajstić information content (AvgIpc) is 3.16. The molecule has 2 saturated carbocycles. The second-order valence-electron chi connectivity index (χ2n) is 8.75. The van der Waals surface area contributed by atoms with Crippen LogP contribution in [0.15, 0.2) is 0 Å². The summed E-state index contributed by atoms with van der Waals surface area (Å²) in [6.07, 6.45) is 0.800. The van der Waals surface area contributed by atoms with Crippen LogP contribution in [0.25, 0.3) is 0 Å². The van der Waals surface area contributed by atoms with Crippen LogP contribution in [0.4, 0.5) is 0 Å². The largest absolute Gasteiger partial charge is 0.459 e. The van der Waals surface area contributed by atoms with Crippen molar-refractivity contribution in [2.75, 3.05) is 6.61 Å². The van der Waals surface area contributed by atoms with Crippen LogP contribution in [-0.2, 0) is 19.0 Å². The summed E-state index contributed by atoms with van der Waals surface area (Å²) in [6, 6.07) is 0. The average molecular weight is 356 g/mol. The van der Waals surface area contributed by atoms with Crippen molar-refractivity contribution in [1.82, 2.24) is 0 Å². The first-order chi connectivity index (χ1) is 11.7. The molecule has 3 aliphatic rings. The Kier molecular flexibility index (Phi) is 5.45. The van der Waals surface area contributed by atoms with Gasteiger partial charge in [-0.15, -0.1) is 0 Å². The van der Waals surface area contributed by atoms with Gasteiger partial charge in [-0.2, -0.15) is 0 Å². The number of fused-ring (bicyclic) bond motifs is 1. The first kappa shape index (κ1) is 19.1. The van der Waals surface area contributed by atoms with Crippen molar-refractivity contribution in [3.63, 3.8) is 0 Å². The molecule has 1 heterocycles. The van der Waals surface area contributed by atoms with E-state index in [-0.39, 0.29) is 48.0 Å². The summed E-state index contributed by atoms with van der Waals surface area (Å²) in [4.78, 5) is 11.8. The fourth-order valence-corrected chi connectivity index (χ4v) is 5.04. The maximum Gasteiger partial charge on any atom is 0.309 e. The van der Waals surface area contributed by atoms with Crippen LogP contribution >= 0.6 is 0 Å². The molecule has 0 aromatic carbocycles. The topological polar surface area (TPSA) is 85.2 Å². The van der Waals surface area contributed by atoms with E-state index in [2.05, 4.69) is 13.8 Å². The molecule has 0 aromatic rings. The van der Waals surface area contributed by atoms with E-state index in [1.54, 1.807) is 0 Å². The van der Waals surface area contributed by atoms with E-state index in [1.165, 1.54) is 0 Å². The number of aliphatic hydroxyl groups is 2. The third kappa shape index (κ3) is 3.59. The number of hydrogen-bond acceptors (Lipinski definition) is 6. The molecule has 6 nitrogen and oxygen atoms in total. The molecule has 144 valence electrons. The predicted octanol–water partition coefficient (Wildman–Crippen LogP) is 2.07. The molecule has 2 N–H and O–H groups in total. The Morgan fingerprint density at radius 3 is 2.68 bits per heavy atom. The Balaban J connectivity index is 1.49. The highest BCUT2D eigenvalue weighted by molar-refractivity contribution is 5.76. The normalized spacial score (nSPS) is 38.0. The van der Waals surface area contributed by atoms with Gasteiger partial charge in [-0.3, -0.25) is 4.79 Å². The number of rotatable bonds is 9. The lowest BCUT2D eigenvalue weighted by atomic mass is 9.79. The SMILES string of the molecule is CCC(C)(CC(C)C)C(O)OCC(O)OC1C2CC3C(=O)OC1C3C2. The zero-order chi connectivity index (χ0) is 18.4.